The van der Waals surface area contributed by atoms with Gasteiger partial charge in [0.05, 0.1) is 11.7 Å². The van der Waals surface area contributed by atoms with Crippen LogP contribution in [0.25, 0.3) is 28.0 Å². The van der Waals surface area contributed by atoms with Crippen molar-refractivity contribution >= 4 is 11.4 Å². The molecule has 30 heavy (non-hydrogen) atoms. The van der Waals surface area contributed by atoms with E-state index in [1.165, 1.54) is 5.56 Å². The molecule has 0 radical (unpaired) electrons. The van der Waals surface area contributed by atoms with Gasteiger partial charge in [-0.15, -0.1) is 0 Å². The zero-order valence-electron chi connectivity index (χ0n) is 18.2. The Labute approximate surface area is 177 Å². The van der Waals surface area contributed by atoms with Crippen LogP contribution in [0.15, 0.2) is 73.1 Å². The number of hydrogen-bond acceptors (Lipinski definition) is 2. The Hall–Kier alpha value is -3.40. The molecule has 4 rings (SSSR count). The number of carbonyl (C=O) groups excluding carboxylic acids is 1. The van der Waals surface area contributed by atoms with Gasteiger partial charge in [-0.1, -0.05) is 51.1 Å². The number of pyridine rings is 1. The van der Waals surface area contributed by atoms with E-state index >= 15 is 0 Å². The molecule has 2 heterocycles. The van der Waals surface area contributed by atoms with Crippen molar-refractivity contribution in [1.29, 1.82) is 0 Å². The maximum atomic E-state index is 12.3. The normalized spacial score (nSPS) is 11.6. The largest absolute Gasteiger partial charge is 0.345 e. The molecule has 4 nitrogen and oxygen atoms in total. The lowest BCUT2D eigenvalue weighted by atomic mass is 9.84. The molecule has 0 unspecified atom stereocenters. The summed E-state index contributed by atoms with van der Waals surface area (Å²) >= 11 is 0. The Bertz CT molecular complexity index is 1210. The summed E-state index contributed by atoms with van der Waals surface area (Å²) in [5, 5.41) is 0. The van der Waals surface area contributed by atoms with Crippen molar-refractivity contribution in [3.8, 4) is 22.5 Å². The highest BCUT2D eigenvalue weighted by molar-refractivity contribution is 5.94. The molecule has 0 bridgehead atoms. The lowest BCUT2D eigenvalue weighted by Gasteiger charge is -2.21. The summed E-state index contributed by atoms with van der Waals surface area (Å²) < 4.78 is 2.11. The molecular formula is C26H27N3O. The molecule has 1 amide bonds. The molecule has 0 fully saturated rings. The van der Waals surface area contributed by atoms with Crippen LogP contribution in [0.1, 0.15) is 36.7 Å². The first-order valence-corrected chi connectivity index (χ1v) is 10.1. The third-order valence-electron chi connectivity index (χ3n) is 5.41. The lowest BCUT2D eigenvalue weighted by Crippen LogP contribution is -2.21. The van der Waals surface area contributed by atoms with Gasteiger partial charge < -0.3 is 4.90 Å². The molecule has 0 saturated heterocycles. The summed E-state index contributed by atoms with van der Waals surface area (Å²) in [6.07, 6.45) is 3.94. The monoisotopic (exact) mass is 397 g/mol. The minimum absolute atomic E-state index is 0.00414. The number of nitrogens with zero attached hydrogens (tertiary/aromatic N) is 3. The molecule has 2 aromatic carbocycles. The number of imidazole rings is 1. The Balaban J connectivity index is 1.89. The van der Waals surface area contributed by atoms with Crippen LogP contribution in [-0.2, 0) is 5.41 Å². The SMILES string of the molecule is CN(C)C(=O)c1ccc(-c2cc(C(C)(C)C)ccc2-c2ncc3ccccn23)cc1. The predicted molar refractivity (Wildman–Crippen MR) is 123 cm³/mol. The van der Waals surface area contributed by atoms with Gasteiger partial charge in [-0.05, 0) is 52.4 Å². The van der Waals surface area contributed by atoms with Crippen molar-refractivity contribution < 1.29 is 4.79 Å². The average molecular weight is 398 g/mol. The second kappa shape index (κ2) is 7.45. The third kappa shape index (κ3) is 3.61. The molecule has 0 N–H and O–H groups in total. The van der Waals surface area contributed by atoms with Gasteiger partial charge in [-0.2, -0.15) is 0 Å². The summed E-state index contributed by atoms with van der Waals surface area (Å²) in [6.45, 7) is 6.65. The second-order valence-electron chi connectivity index (χ2n) is 8.86. The molecule has 0 aliphatic carbocycles. The van der Waals surface area contributed by atoms with Gasteiger partial charge in [-0.25, -0.2) is 4.98 Å². The lowest BCUT2D eigenvalue weighted by molar-refractivity contribution is 0.0827. The van der Waals surface area contributed by atoms with Crippen LogP contribution in [0.3, 0.4) is 0 Å². The zero-order chi connectivity index (χ0) is 21.5. The molecule has 4 heteroatoms. The molecule has 152 valence electrons. The van der Waals surface area contributed by atoms with Crippen LogP contribution in [0, 0.1) is 0 Å². The van der Waals surface area contributed by atoms with Gasteiger partial charge in [0.1, 0.15) is 5.82 Å². The fourth-order valence-corrected chi connectivity index (χ4v) is 3.64. The van der Waals surface area contributed by atoms with Crippen molar-refractivity contribution in [1.82, 2.24) is 14.3 Å². The van der Waals surface area contributed by atoms with Gasteiger partial charge in [0.2, 0.25) is 0 Å². The van der Waals surface area contributed by atoms with Crippen molar-refractivity contribution in [2.45, 2.75) is 26.2 Å². The highest BCUT2D eigenvalue weighted by Gasteiger charge is 2.19. The van der Waals surface area contributed by atoms with Crippen LogP contribution >= 0.6 is 0 Å². The Morgan fingerprint density at radius 2 is 1.67 bits per heavy atom. The van der Waals surface area contributed by atoms with E-state index in [1.54, 1.807) is 19.0 Å². The van der Waals surface area contributed by atoms with Crippen LogP contribution in [-0.4, -0.2) is 34.3 Å². The topological polar surface area (TPSA) is 37.6 Å². The molecule has 0 atom stereocenters. The molecule has 4 aromatic rings. The number of carbonyl (C=O) groups is 1. The van der Waals surface area contributed by atoms with Crippen LogP contribution in [0.5, 0.6) is 0 Å². The van der Waals surface area contributed by atoms with E-state index in [0.717, 1.165) is 28.0 Å². The highest BCUT2D eigenvalue weighted by Crippen LogP contribution is 2.36. The first kappa shape index (κ1) is 19.9. The molecule has 0 saturated carbocycles. The summed E-state index contributed by atoms with van der Waals surface area (Å²) in [5.41, 5.74) is 6.29. The van der Waals surface area contributed by atoms with Crippen LogP contribution < -0.4 is 0 Å². The Morgan fingerprint density at radius 1 is 0.933 bits per heavy atom. The number of fused-ring (bicyclic) bond motifs is 1. The van der Waals surface area contributed by atoms with E-state index in [9.17, 15) is 4.79 Å². The second-order valence-corrected chi connectivity index (χ2v) is 8.86. The standard InChI is InChI=1S/C26H27N3O/c1-26(2,3)20-13-14-22(24-27-17-21-8-6-7-15-29(21)24)23(16-20)18-9-11-19(12-10-18)25(30)28(4)5/h6-17H,1-5H3. The zero-order valence-corrected chi connectivity index (χ0v) is 18.2. The molecule has 0 aliphatic heterocycles. The molecule has 0 aliphatic rings. The minimum Gasteiger partial charge on any atom is -0.345 e. The van der Waals surface area contributed by atoms with Crippen LogP contribution in [0.2, 0.25) is 0 Å². The first-order valence-electron chi connectivity index (χ1n) is 10.1. The van der Waals surface area contributed by atoms with E-state index in [2.05, 4.69) is 49.4 Å². The van der Waals surface area contributed by atoms with Gasteiger partial charge in [0.25, 0.3) is 5.91 Å². The van der Waals surface area contributed by atoms with E-state index in [4.69, 9.17) is 4.98 Å². The van der Waals surface area contributed by atoms with Gasteiger partial charge in [0, 0.05) is 31.4 Å². The summed E-state index contributed by atoms with van der Waals surface area (Å²) in [7, 11) is 3.54. The van der Waals surface area contributed by atoms with E-state index in [0.29, 0.717) is 5.56 Å². The van der Waals surface area contributed by atoms with E-state index < -0.39 is 0 Å². The van der Waals surface area contributed by atoms with Crippen molar-refractivity contribution in [2.24, 2.45) is 0 Å². The third-order valence-corrected chi connectivity index (χ3v) is 5.41. The maximum Gasteiger partial charge on any atom is 0.253 e. The fraction of sp³-hybridized carbons (Fsp3) is 0.231. The first-order chi connectivity index (χ1) is 14.3. The summed E-state index contributed by atoms with van der Waals surface area (Å²) in [4.78, 5) is 18.6. The van der Waals surface area contributed by atoms with E-state index in [1.807, 2.05) is 48.8 Å². The summed E-state index contributed by atoms with van der Waals surface area (Å²) in [5.74, 6) is 0.916. The van der Waals surface area contributed by atoms with Crippen molar-refractivity contribution in [3.05, 3.63) is 84.2 Å². The number of rotatable bonds is 3. The fourth-order valence-electron chi connectivity index (χ4n) is 3.64. The number of benzene rings is 2. The summed E-state index contributed by atoms with van der Waals surface area (Å²) in [6, 6.07) is 20.5. The molecular weight excluding hydrogens is 370 g/mol. The Kier molecular flexibility index (Phi) is 4.94. The quantitative estimate of drug-likeness (QED) is 0.447. The number of aromatic nitrogens is 2. The minimum atomic E-state index is 0.00414. The maximum absolute atomic E-state index is 12.3. The number of hydrogen-bond donors (Lipinski definition) is 0. The molecule has 2 aromatic heterocycles. The van der Waals surface area contributed by atoms with E-state index in [-0.39, 0.29) is 11.3 Å². The van der Waals surface area contributed by atoms with Gasteiger partial charge >= 0.3 is 0 Å². The van der Waals surface area contributed by atoms with Crippen LogP contribution in [0.4, 0.5) is 0 Å². The molecule has 0 spiro atoms. The smallest absolute Gasteiger partial charge is 0.253 e. The highest BCUT2D eigenvalue weighted by atomic mass is 16.2. The Morgan fingerprint density at radius 3 is 2.33 bits per heavy atom. The van der Waals surface area contributed by atoms with Gasteiger partial charge in [-0.3, -0.25) is 9.20 Å². The number of amides is 1. The van der Waals surface area contributed by atoms with Crippen molar-refractivity contribution in [2.75, 3.05) is 14.1 Å². The van der Waals surface area contributed by atoms with Gasteiger partial charge in [0.15, 0.2) is 0 Å². The van der Waals surface area contributed by atoms with Crippen molar-refractivity contribution in [3.63, 3.8) is 0 Å². The average Bonchev–Trinajstić information content (AvgIpc) is 3.16. The predicted octanol–water partition coefficient (Wildman–Crippen LogP) is 5.67.